The number of rotatable bonds is 2. The zero-order valence-corrected chi connectivity index (χ0v) is 13.6. The molecule has 0 spiro atoms. The predicted molar refractivity (Wildman–Crippen MR) is 91.3 cm³/mol. The van der Waals surface area contributed by atoms with Crippen LogP contribution in [0.25, 0.3) is 10.2 Å². The molecule has 0 atom stereocenters. The summed E-state index contributed by atoms with van der Waals surface area (Å²) in [6.07, 6.45) is 6.18. The molecule has 0 aliphatic heterocycles. The first-order valence-electron chi connectivity index (χ1n) is 7.41. The van der Waals surface area contributed by atoms with E-state index in [0.29, 0.717) is 11.3 Å². The molecule has 22 heavy (non-hydrogen) atoms. The highest BCUT2D eigenvalue weighted by Crippen LogP contribution is 2.33. The van der Waals surface area contributed by atoms with E-state index in [0.717, 1.165) is 35.2 Å². The molecule has 0 fully saturated rings. The second-order valence-electron chi connectivity index (χ2n) is 5.56. The average molecular weight is 329 g/mol. The standard InChI is InChI=1S/C16H15N3OS2/c20-15-13-11-6-1-2-7-12(11)22-14(13)18-16(21)19(15)9-10-5-3-4-8-17-10/h3-5,8H,1-2,6-7,9H2,(H,18,21). The Kier molecular flexibility index (Phi) is 3.43. The normalized spacial score (nSPS) is 14.2. The third-order valence-corrected chi connectivity index (χ3v) is 5.67. The third kappa shape index (κ3) is 2.23. The molecule has 0 radical (unpaired) electrons. The van der Waals surface area contributed by atoms with E-state index in [4.69, 9.17) is 12.2 Å². The van der Waals surface area contributed by atoms with Crippen molar-refractivity contribution in [1.82, 2.24) is 14.5 Å². The number of pyridine rings is 1. The predicted octanol–water partition coefficient (Wildman–Crippen LogP) is 3.44. The van der Waals surface area contributed by atoms with E-state index in [1.165, 1.54) is 16.9 Å². The number of nitrogens with zero attached hydrogens (tertiary/aromatic N) is 2. The van der Waals surface area contributed by atoms with Gasteiger partial charge in [0, 0.05) is 11.1 Å². The van der Waals surface area contributed by atoms with Crippen LogP contribution >= 0.6 is 23.6 Å². The lowest BCUT2D eigenvalue weighted by Gasteiger charge is -2.10. The summed E-state index contributed by atoms with van der Waals surface area (Å²) in [6.45, 7) is 0.412. The fourth-order valence-corrected chi connectivity index (χ4v) is 4.66. The molecule has 3 heterocycles. The Hall–Kier alpha value is -1.79. The molecule has 112 valence electrons. The Morgan fingerprint density at radius 1 is 1.32 bits per heavy atom. The Morgan fingerprint density at radius 3 is 3.00 bits per heavy atom. The van der Waals surface area contributed by atoms with E-state index in [1.54, 1.807) is 22.1 Å². The van der Waals surface area contributed by atoms with Crippen molar-refractivity contribution in [3.05, 3.63) is 55.7 Å². The molecule has 1 N–H and O–H groups in total. The van der Waals surface area contributed by atoms with Gasteiger partial charge in [-0.2, -0.15) is 0 Å². The maximum Gasteiger partial charge on any atom is 0.263 e. The van der Waals surface area contributed by atoms with Crippen molar-refractivity contribution in [2.45, 2.75) is 32.2 Å². The van der Waals surface area contributed by atoms with Crippen molar-refractivity contribution in [1.29, 1.82) is 0 Å². The second-order valence-corrected chi connectivity index (χ2v) is 7.05. The minimum absolute atomic E-state index is 0.0174. The van der Waals surface area contributed by atoms with Crippen molar-refractivity contribution in [2.24, 2.45) is 0 Å². The van der Waals surface area contributed by atoms with E-state index >= 15 is 0 Å². The molecule has 1 aliphatic rings. The minimum Gasteiger partial charge on any atom is -0.323 e. The molecule has 1 aliphatic carbocycles. The van der Waals surface area contributed by atoms with Crippen LogP contribution in [0.2, 0.25) is 0 Å². The number of aromatic nitrogens is 3. The van der Waals surface area contributed by atoms with Gasteiger partial charge in [0.25, 0.3) is 5.56 Å². The summed E-state index contributed by atoms with van der Waals surface area (Å²) in [4.78, 5) is 22.8. The zero-order chi connectivity index (χ0) is 15.1. The average Bonchev–Trinajstić information content (AvgIpc) is 2.90. The van der Waals surface area contributed by atoms with Gasteiger partial charge in [0.2, 0.25) is 0 Å². The van der Waals surface area contributed by atoms with E-state index in [2.05, 4.69) is 9.97 Å². The van der Waals surface area contributed by atoms with Gasteiger partial charge in [-0.05, 0) is 55.6 Å². The summed E-state index contributed by atoms with van der Waals surface area (Å²) in [5.41, 5.74) is 2.09. The molecule has 3 aromatic heterocycles. The van der Waals surface area contributed by atoms with Crippen molar-refractivity contribution in [3.8, 4) is 0 Å². The van der Waals surface area contributed by atoms with Gasteiger partial charge in [-0.1, -0.05) is 6.07 Å². The van der Waals surface area contributed by atoms with Crippen molar-refractivity contribution in [3.63, 3.8) is 0 Å². The van der Waals surface area contributed by atoms with Gasteiger partial charge in [0.15, 0.2) is 4.77 Å². The van der Waals surface area contributed by atoms with Crippen molar-refractivity contribution >= 4 is 33.8 Å². The minimum atomic E-state index is 0.0174. The van der Waals surface area contributed by atoms with E-state index in [-0.39, 0.29) is 5.56 Å². The monoisotopic (exact) mass is 329 g/mol. The number of thiophene rings is 1. The van der Waals surface area contributed by atoms with Gasteiger partial charge >= 0.3 is 0 Å². The lowest BCUT2D eigenvalue weighted by Crippen LogP contribution is -2.23. The topological polar surface area (TPSA) is 50.7 Å². The van der Waals surface area contributed by atoms with Crippen LogP contribution in [-0.2, 0) is 19.4 Å². The Labute approximate surface area is 136 Å². The smallest absolute Gasteiger partial charge is 0.263 e. The Bertz CT molecular complexity index is 953. The molecule has 0 unspecified atom stereocenters. The molecule has 3 aromatic rings. The molecule has 6 heteroatoms. The van der Waals surface area contributed by atoms with Crippen LogP contribution in [0.15, 0.2) is 29.2 Å². The highest BCUT2D eigenvalue weighted by atomic mass is 32.1. The fourth-order valence-electron chi connectivity index (χ4n) is 3.07. The molecule has 0 saturated heterocycles. The molecule has 0 bridgehead atoms. The number of aromatic amines is 1. The van der Waals surface area contributed by atoms with Crippen LogP contribution in [0.3, 0.4) is 0 Å². The number of H-pyrrole nitrogens is 1. The van der Waals surface area contributed by atoms with Gasteiger partial charge in [-0.15, -0.1) is 11.3 Å². The van der Waals surface area contributed by atoms with Crippen LogP contribution < -0.4 is 5.56 Å². The van der Waals surface area contributed by atoms with E-state index in [9.17, 15) is 4.79 Å². The van der Waals surface area contributed by atoms with E-state index < -0.39 is 0 Å². The third-order valence-electron chi connectivity index (χ3n) is 4.14. The fraction of sp³-hybridized carbons (Fsp3) is 0.312. The number of hydrogen-bond donors (Lipinski definition) is 1. The molecular formula is C16H15N3OS2. The SMILES string of the molecule is O=c1c2c3c(sc2[nH]c(=S)n1Cc1ccccn1)CCCC3. The zero-order valence-electron chi connectivity index (χ0n) is 12.0. The van der Waals surface area contributed by atoms with Crippen LogP contribution in [0.4, 0.5) is 0 Å². The lowest BCUT2D eigenvalue weighted by molar-refractivity contribution is 0.694. The highest BCUT2D eigenvalue weighted by molar-refractivity contribution is 7.71. The van der Waals surface area contributed by atoms with Crippen molar-refractivity contribution in [2.75, 3.05) is 0 Å². The summed E-state index contributed by atoms with van der Waals surface area (Å²) in [6, 6.07) is 5.70. The van der Waals surface area contributed by atoms with Crippen LogP contribution in [-0.4, -0.2) is 14.5 Å². The number of nitrogens with one attached hydrogen (secondary N) is 1. The van der Waals surface area contributed by atoms with Gasteiger partial charge in [-0.25, -0.2) is 0 Å². The first-order valence-corrected chi connectivity index (χ1v) is 8.64. The Balaban J connectivity index is 1.92. The molecular weight excluding hydrogens is 314 g/mol. The number of hydrogen-bond acceptors (Lipinski definition) is 4. The molecule has 0 saturated carbocycles. The molecule has 0 amide bonds. The van der Waals surface area contributed by atoms with Gasteiger partial charge in [-0.3, -0.25) is 14.3 Å². The van der Waals surface area contributed by atoms with Crippen LogP contribution in [0, 0.1) is 4.77 Å². The molecule has 4 nitrogen and oxygen atoms in total. The number of fused-ring (bicyclic) bond motifs is 3. The van der Waals surface area contributed by atoms with E-state index in [1.807, 2.05) is 18.2 Å². The summed E-state index contributed by atoms with van der Waals surface area (Å²) < 4.78 is 2.10. The lowest BCUT2D eigenvalue weighted by atomic mass is 9.97. The number of aryl methyl sites for hydroxylation is 2. The highest BCUT2D eigenvalue weighted by Gasteiger charge is 2.20. The van der Waals surface area contributed by atoms with Gasteiger partial charge in [0.05, 0.1) is 17.6 Å². The van der Waals surface area contributed by atoms with Crippen LogP contribution in [0.5, 0.6) is 0 Å². The maximum absolute atomic E-state index is 12.9. The van der Waals surface area contributed by atoms with Crippen LogP contribution in [0.1, 0.15) is 29.0 Å². The maximum atomic E-state index is 12.9. The summed E-state index contributed by atoms with van der Waals surface area (Å²) >= 11 is 7.08. The Morgan fingerprint density at radius 2 is 2.18 bits per heavy atom. The van der Waals surface area contributed by atoms with Gasteiger partial charge < -0.3 is 4.98 Å². The van der Waals surface area contributed by atoms with Crippen molar-refractivity contribution < 1.29 is 0 Å². The largest absolute Gasteiger partial charge is 0.323 e. The van der Waals surface area contributed by atoms with Gasteiger partial charge in [0.1, 0.15) is 4.83 Å². The quantitative estimate of drug-likeness (QED) is 0.733. The molecule has 4 rings (SSSR count). The molecule has 0 aromatic carbocycles. The second kappa shape index (κ2) is 5.44. The summed E-state index contributed by atoms with van der Waals surface area (Å²) in [5, 5.41) is 0.837. The summed E-state index contributed by atoms with van der Waals surface area (Å²) in [7, 11) is 0. The first-order chi connectivity index (χ1) is 10.7. The summed E-state index contributed by atoms with van der Waals surface area (Å²) in [5.74, 6) is 0. The first kappa shape index (κ1) is 13.8.